The van der Waals surface area contributed by atoms with Crippen LogP contribution in [0.2, 0.25) is 0 Å². The molecule has 1 aromatic heterocycles. The predicted octanol–water partition coefficient (Wildman–Crippen LogP) is 1.91. The summed E-state index contributed by atoms with van der Waals surface area (Å²) >= 11 is 0. The maximum Gasteiger partial charge on any atom is 0.323 e. The molecule has 1 aromatic rings. The molecule has 2 N–H and O–H groups in total. The summed E-state index contributed by atoms with van der Waals surface area (Å²) < 4.78 is 5.47. The first kappa shape index (κ1) is 13.5. The first-order valence-electron chi connectivity index (χ1n) is 5.69. The highest BCUT2D eigenvalue weighted by Crippen LogP contribution is 2.15. The summed E-state index contributed by atoms with van der Waals surface area (Å²) in [5, 5.41) is 6.07. The van der Waals surface area contributed by atoms with Crippen LogP contribution in [0.3, 0.4) is 0 Å². The predicted molar refractivity (Wildman–Crippen MR) is 68.5 cm³/mol. The lowest BCUT2D eigenvalue weighted by atomic mass is 10.1. The van der Waals surface area contributed by atoms with Crippen LogP contribution in [0.1, 0.15) is 34.6 Å². The number of aromatic nitrogens is 3. The molecule has 0 aliphatic heterocycles. The molecule has 0 saturated carbocycles. The zero-order valence-corrected chi connectivity index (χ0v) is 11.3. The van der Waals surface area contributed by atoms with Crippen LogP contribution in [-0.4, -0.2) is 33.6 Å². The van der Waals surface area contributed by atoms with E-state index in [0.717, 1.165) is 0 Å². The zero-order valence-electron chi connectivity index (χ0n) is 11.3. The highest BCUT2D eigenvalue weighted by molar-refractivity contribution is 5.36. The number of rotatable bonds is 4. The summed E-state index contributed by atoms with van der Waals surface area (Å²) in [6.07, 6.45) is 0.0320. The molecule has 6 heteroatoms. The van der Waals surface area contributed by atoms with Gasteiger partial charge < -0.3 is 15.4 Å². The van der Waals surface area contributed by atoms with Crippen molar-refractivity contribution >= 4 is 11.9 Å². The van der Waals surface area contributed by atoms with Crippen molar-refractivity contribution in [1.82, 2.24) is 15.0 Å². The molecule has 6 nitrogen and oxygen atoms in total. The van der Waals surface area contributed by atoms with Crippen LogP contribution in [-0.2, 0) is 0 Å². The average molecular weight is 239 g/mol. The normalized spacial score (nSPS) is 11.5. The highest BCUT2D eigenvalue weighted by atomic mass is 16.5. The van der Waals surface area contributed by atoms with Crippen LogP contribution < -0.4 is 15.4 Å². The highest BCUT2D eigenvalue weighted by Gasteiger charge is 2.14. The van der Waals surface area contributed by atoms with E-state index in [1.807, 2.05) is 34.6 Å². The van der Waals surface area contributed by atoms with E-state index in [9.17, 15) is 0 Å². The summed E-state index contributed by atoms with van der Waals surface area (Å²) in [6, 6.07) is 0.325. The number of ether oxygens (including phenoxy) is 1. The van der Waals surface area contributed by atoms with Gasteiger partial charge in [-0.05, 0) is 34.6 Å². The second-order valence-corrected chi connectivity index (χ2v) is 5.06. The Balaban J connectivity index is 2.97. The van der Waals surface area contributed by atoms with E-state index < -0.39 is 0 Å². The van der Waals surface area contributed by atoms with E-state index in [4.69, 9.17) is 4.74 Å². The van der Waals surface area contributed by atoms with E-state index in [1.165, 1.54) is 0 Å². The van der Waals surface area contributed by atoms with Gasteiger partial charge in [-0.1, -0.05) is 0 Å². The lowest BCUT2D eigenvalue weighted by Gasteiger charge is -2.21. The Hall–Kier alpha value is -1.59. The van der Waals surface area contributed by atoms with E-state index in [2.05, 4.69) is 25.6 Å². The zero-order chi connectivity index (χ0) is 13.1. The summed E-state index contributed by atoms with van der Waals surface area (Å²) in [5.74, 6) is 0.995. The van der Waals surface area contributed by atoms with Crippen LogP contribution in [0.4, 0.5) is 11.9 Å². The molecule has 17 heavy (non-hydrogen) atoms. The molecule has 0 bridgehead atoms. The summed E-state index contributed by atoms with van der Waals surface area (Å²) in [4.78, 5) is 12.6. The average Bonchev–Trinajstić information content (AvgIpc) is 2.13. The van der Waals surface area contributed by atoms with Crippen LogP contribution in [0.25, 0.3) is 0 Å². The topological polar surface area (TPSA) is 72.0 Å². The SMILES string of the molecule is CNc1nc(NC(C)(C)C)nc(OC(C)C)n1. The van der Waals surface area contributed by atoms with Crippen molar-refractivity contribution in [3.63, 3.8) is 0 Å². The van der Waals surface area contributed by atoms with Gasteiger partial charge in [0.1, 0.15) is 0 Å². The number of nitrogens with one attached hydrogen (secondary N) is 2. The Morgan fingerprint density at radius 2 is 1.65 bits per heavy atom. The first-order valence-corrected chi connectivity index (χ1v) is 5.69. The summed E-state index contributed by atoms with van der Waals surface area (Å²) in [6.45, 7) is 9.98. The molecule has 0 unspecified atom stereocenters. The maximum atomic E-state index is 5.47. The number of anilines is 2. The minimum absolute atomic E-state index is 0.0320. The molecule has 1 heterocycles. The third-order valence-corrected chi connectivity index (χ3v) is 1.67. The Kier molecular flexibility index (Phi) is 4.09. The van der Waals surface area contributed by atoms with E-state index in [-0.39, 0.29) is 11.6 Å². The van der Waals surface area contributed by atoms with Gasteiger partial charge in [-0.15, -0.1) is 0 Å². The Morgan fingerprint density at radius 3 is 2.12 bits per heavy atom. The molecule has 0 aromatic carbocycles. The first-order chi connectivity index (χ1) is 7.80. The van der Waals surface area contributed by atoms with Crippen molar-refractivity contribution in [2.45, 2.75) is 46.3 Å². The third kappa shape index (κ3) is 4.84. The Morgan fingerprint density at radius 1 is 1.06 bits per heavy atom. The van der Waals surface area contributed by atoms with Gasteiger partial charge in [-0.25, -0.2) is 0 Å². The molecule has 0 aliphatic carbocycles. The fourth-order valence-electron chi connectivity index (χ4n) is 1.12. The molecule has 0 atom stereocenters. The molecule has 0 saturated heterocycles. The van der Waals surface area contributed by atoms with Crippen LogP contribution >= 0.6 is 0 Å². The van der Waals surface area contributed by atoms with Crippen molar-refractivity contribution in [1.29, 1.82) is 0 Å². The van der Waals surface area contributed by atoms with Gasteiger partial charge in [0.15, 0.2) is 0 Å². The van der Waals surface area contributed by atoms with Crippen LogP contribution in [0, 0.1) is 0 Å². The van der Waals surface area contributed by atoms with Gasteiger partial charge in [-0.3, -0.25) is 0 Å². The molecular formula is C11H21N5O. The summed E-state index contributed by atoms with van der Waals surface area (Å²) in [5.41, 5.74) is -0.110. The molecule has 0 spiro atoms. The Bertz CT molecular complexity index is 373. The van der Waals surface area contributed by atoms with Crippen molar-refractivity contribution in [3.05, 3.63) is 0 Å². The largest absolute Gasteiger partial charge is 0.461 e. The smallest absolute Gasteiger partial charge is 0.323 e. The lowest BCUT2D eigenvalue weighted by Crippen LogP contribution is -2.28. The van der Waals surface area contributed by atoms with Crippen LogP contribution in [0.15, 0.2) is 0 Å². The van der Waals surface area contributed by atoms with E-state index in [1.54, 1.807) is 7.05 Å². The minimum atomic E-state index is -0.110. The molecule has 0 aliphatic rings. The molecular weight excluding hydrogens is 218 g/mol. The van der Waals surface area contributed by atoms with Crippen LogP contribution in [0.5, 0.6) is 6.01 Å². The monoisotopic (exact) mass is 239 g/mol. The van der Waals surface area contributed by atoms with Gasteiger partial charge in [0, 0.05) is 12.6 Å². The standard InChI is InChI=1S/C11H21N5O/c1-7(2)17-10-14-8(12-6)13-9(15-10)16-11(3,4)5/h7H,1-6H3,(H2,12,13,14,15,16). The van der Waals surface area contributed by atoms with Crippen molar-refractivity contribution in [2.75, 3.05) is 17.7 Å². The van der Waals surface area contributed by atoms with Crippen molar-refractivity contribution in [2.24, 2.45) is 0 Å². The lowest BCUT2D eigenvalue weighted by molar-refractivity contribution is 0.222. The minimum Gasteiger partial charge on any atom is -0.461 e. The molecule has 0 amide bonds. The van der Waals surface area contributed by atoms with E-state index >= 15 is 0 Å². The summed E-state index contributed by atoms with van der Waals surface area (Å²) in [7, 11) is 1.76. The maximum absolute atomic E-state index is 5.47. The van der Waals surface area contributed by atoms with E-state index in [0.29, 0.717) is 17.9 Å². The second-order valence-electron chi connectivity index (χ2n) is 5.06. The fourth-order valence-corrected chi connectivity index (χ4v) is 1.12. The molecule has 0 radical (unpaired) electrons. The third-order valence-electron chi connectivity index (χ3n) is 1.67. The molecule has 0 fully saturated rings. The second kappa shape index (κ2) is 5.16. The van der Waals surface area contributed by atoms with Gasteiger partial charge in [0.2, 0.25) is 11.9 Å². The molecule has 96 valence electrons. The van der Waals surface area contributed by atoms with Crippen molar-refractivity contribution < 1.29 is 4.74 Å². The van der Waals surface area contributed by atoms with Gasteiger partial charge in [0.25, 0.3) is 0 Å². The Labute approximate surface area is 102 Å². The number of nitrogens with zero attached hydrogens (tertiary/aromatic N) is 3. The quantitative estimate of drug-likeness (QED) is 0.836. The number of hydrogen-bond acceptors (Lipinski definition) is 6. The number of hydrogen-bond donors (Lipinski definition) is 2. The molecule has 1 rings (SSSR count). The van der Waals surface area contributed by atoms with Crippen molar-refractivity contribution in [3.8, 4) is 6.01 Å². The fraction of sp³-hybridized carbons (Fsp3) is 0.727. The van der Waals surface area contributed by atoms with Gasteiger partial charge >= 0.3 is 6.01 Å². The van der Waals surface area contributed by atoms with Gasteiger partial charge in [-0.2, -0.15) is 15.0 Å². The van der Waals surface area contributed by atoms with Gasteiger partial charge in [0.05, 0.1) is 6.10 Å².